The third-order valence-corrected chi connectivity index (χ3v) is 4.17. The Labute approximate surface area is 109 Å². The van der Waals surface area contributed by atoms with E-state index in [2.05, 4.69) is 22.8 Å². The van der Waals surface area contributed by atoms with Crippen molar-refractivity contribution < 1.29 is 4.79 Å². The van der Waals surface area contributed by atoms with Crippen LogP contribution in [0.25, 0.3) is 0 Å². The summed E-state index contributed by atoms with van der Waals surface area (Å²) < 4.78 is 0. The Balaban J connectivity index is 1.87. The summed E-state index contributed by atoms with van der Waals surface area (Å²) in [5, 5.41) is 9.07. The first-order valence-corrected chi connectivity index (χ1v) is 6.80. The molecule has 2 saturated heterocycles. The van der Waals surface area contributed by atoms with E-state index >= 15 is 0 Å². The molecule has 0 radical (unpaired) electrons. The van der Waals surface area contributed by atoms with Gasteiger partial charge in [-0.3, -0.25) is 14.6 Å². The van der Waals surface area contributed by atoms with Crippen molar-refractivity contribution in [3.8, 4) is 6.07 Å². The van der Waals surface area contributed by atoms with Gasteiger partial charge >= 0.3 is 0 Å². The highest BCUT2D eigenvalue weighted by atomic mass is 16.2. The molecule has 2 rings (SSSR count). The highest BCUT2D eigenvalue weighted by Crippen LogP contribution is 2.18. The lowest BCUT2D eigenvalue weighted by Crippen LogP contribution is -2.54. The Morgan fingerprint density at radius 1 is 1.33 bits per heavy atom. The Morgan fingerprint density at radius 3 is 2.44 bits per heavy atom. The first kappa shape index (κ1) is 13.3. The standard InChI is InChI=1S/C13H22N4O/c1-3-11(10-14)16-6-8-17(9-7-16)12-4-5-15(2)13(12)18/h11-12H,3-9H2,1-2H3. The molecule has 0 N–H and O–H groups in total. The van der Waals surface area contributed by atoms with Gasteiger partial charge in [0.05, 0.1) is 18.2 Å². The fourth-order valence-corrected chi connectivity index (χ4v) is 2.93. The number of nitriles is 1. The van der Waals surface area contributed by atoms with Crippen molar-refractivity contribution in [2.24, 2.45) is 0 Å². The van der Waals surface area contributed by atoms with Crippen LogP contribution in [0.1, 0.15) is 19.8 Å². The molecule has 2 heterocycles. The number of rotatable bonds is 3. The lowest BCUT2D eigenvalue weighted by Gasteiger charge is -2.38. The predicted molar refractivity (Wildman–Crippen MR) is 68.9 cm³/mol. The fraction of sp³-hybridized carbons (Fsp3) is 0.846. The zero-order valence-electron chi connectivity index (χ0n) is 11.3. The van der Waals surface area contributed by atoms with Crippen LogP contribution in [-0.4, -0.2) is 72.5 Å². The van der Waals surface area contributed by atoms with Crippen LogP contribution in [0.4, 0.5) is 0 Å². The molecule has 1 amide bonds. The Bertz CT molecular complexity index is 343. The molecule has 2 fully saturated rings. The number of piperazine rings is 1. The summed E-state index contributed by atoms with van der Waals surface area (Å²) in [6, 6.07) is 2.47. The normalized spacial score (nSPS) is 28.4. The molecule has 0 spiro atoms. The summed E-state index contributed by atoms with van der Waals surface area (Å²) in [7, 11) is 1.88. The second kappa shape index (κ2) is 5.68. The number of likely N-dealkylation sites (N-methyl/N-ethyl adjacent to an activating group) is 1. The van der Waals surface area contributed by atoms with Crippen LogP contribution in [0.2, 0.25) is 0 Å². The maximum atomic E-state index is 12.0. The molecule has 5 nitrogen and oxygen atoms in total. The summed E-state index contributed by atoms with van der Waals surface area (Å²) in [5.74, 6) is 0.260. The topological polar surface area (TPSA) is 50.6 Å². The molecule has 0 aromatic carbocycles. The highest BCUT2D eigenvalue weighted by molar-refractivity contribution is 5.83. The van der Waals surface area contributed by atoms with E-state index in [9.17, 15) is 4.79 Å². The molecule has 0 aromatic rings. The summed E-state index contributed by atoms with van der Waals surface area (Å²) in [4.78, 5) is 18.3. The monoisotopic (exact) mass is 250 g/mol. The van der Waals surface area contributed by atoms with E-state index in [1.807, 2.05) is 11.9 Å². The number of carbonyl (C=O) groups is 1. The van der Waals surface area contributed by atoms with Gasteiger partial charge in [0.2, 0.25) is 5.91 Å². The average molecular weight is 250 g/mol. The van der Waals surface area contributed by atoms with Gasteiger partial charge in [0.1, 0.15) is 0 Å². The van der Waals surface area contributed by atoms with Crippen molar-refractivity contribution in [1.29, 1.82) is 5.26 Å². The van der Waals surface area contributed by atoms with Crippen molar-refractivity contribution in [2.45, 2.75) is 31.8 Å². The number of likely N-dealkylation sites (tertiary alicyclic amines) is 1. The molecule has 0 saturated carbocycles. The third kappa shape index (κ3) is 2.50. The molecule has 2 unspecified atom stereocenters. The van der Waals surface area contributed by atoms with Gasteiger partial charge in [-0.05, 0) is 12.8 Å². The zero-order chi connectivity index (χ0) is 13.1. The molecule has 0 aromatic heterocycles. The van der Waals surface area contributed by atoms with Crippen molar-refractivity contribution in [2.75, 3.05) is 39.8 Å². The minimum atomic E-state index is 0.0362. The fourth-order valence-electron chi connectivity index (χ4n) is 2.93. The van der Waals surface area contributed by atoms with Crippen LogP contribution in [-0.2, 0) is 4.79 Å². The van der Waals surface area contributed by atoms with Gasteiger partial charge in [-0.1, -0.05) is 6.92 Å². The maximum Gasteiger partial charge on any atom is 0.239 e. The maximum absolute atomic E-state index is 12.0. The Morgan fingerprint density at radius 2 is 2.00 bits per heavy atom. The van der Waals surface area contributed by atoms with E-state index in [0.717, 1.165) is 45.6 Å². The van der Waals surface area contributed by atoms with Gasteiger partial charge in [0, 0.05) is 39.8 Å². The quantitative estimate of drug-likeness (QED) is 0.715. The van der Waals surface area contributed by atoms with Crippen LogP contribution in [0, 0.1) is 11.3 Å². The van der Waals surface area contributed by atoms with Gasteiger partial charge in [-0.25, -0.2) is 0 Å². The van der Waals surface area contributed by atoms with Crippen LogP contribution in [0.15, 0.2) is 0 Å². The summed E-state index contributed by atoms with van der Waals surface area (Å²) in [6.07, 6.45) is 1.83. The number of amides is 1. The molecule has 0 aliphatic carbocycles. The number of nitrogens with zero attached hydrogens (tertiary/aromatic N) is 4. The first-order valence-electron chi connectivity index (χ1n) is 6.80. The van der Waals surface area contributed by atoms with Gasteiger partial charge in [-0.15, -0.1) is 0 Å². The van der Waals surface area contributed by atoms with Gasteiger partial charge in [0.15, 0.2) is 0 Å². The van der Waals surface area contributed by atoms with E-state index < -0.39 is 0 Å². The molecule has 5 heteroatoms. The van der Waals surface area contributed by atoms with Gasteiger partial charge in [0.25, 0.3) is 0 Å². The number of carbonyl (C=O) groups excluding carboxylic acids is 1. The molecule has 100 valence electrons. The number of hydrogen-bond acceptors (Lipinski definition) is 4. The summed E-state index contributed by atoms with van der Waals surface area (Å²) in [6.45, 7) is 6.54. The van der Waals surface area contributed by atoms with E-state index in [1.54, 1.807) is 0 Å². The Hall–Kier alpha value is -1.12. The predicted octanol–water partition coefficient (Wildman–Crippen LogP) is 0.137. The number of hydrogen-bond donors (Lipinski definition) is 0. The third-order valence-electron chi connectivity index (χ3n) is 4.17. The first-order chi connectivity index (χ1) is 8.67. The molecule has 18 heavy (non-hydrogen) atoms. The minimum Gasteiger partial charge on any atom is -0.344 e. The molecule has 2 atom stereocenters. The molecular weight excluding hydrogens is 228 g/mol. The summed E-state index contributed by atoms with van der Waals surface area (Å²) >= 11 is 0. The SMILES string of the molecule is CCC(C#N)N1CCN(C2CCN(C)C2=O)CC1. The smallest absolute Gasteiger partial charge is 0.239 e. The van der Waals surface area contributed by atoms with Gasteiger partial charge in [-0.2, -0.15) is 5.26 Å². The van der Waals surface area contributed by atoms with Crippen molar-refractivity contribution in [3.05, 3.63) is 0 Å². The highest BCUT2D eigenvalue weighted by Gasteiger charge is 2.36. The zero-order valence-corrected chi connectivity index (χ0v) is 11.3. The average Bonchev–Trinajstić information content (AvgIpc) is 2.73. The van der Waals surface area contributed by atoms with Crippen molar-refractivity contribution in [3.63, 3.8) is 0 Å². The van der Waals surface area contributed by atoms with E-state index in [-0.39, 0.29) is 18.0 Å². The van der Waals surface area contributed by atoms with Crippen molar-refractivity contribution in [1.82, 2.24) is 14.7 Å². The Kier molecular flexibility index (Phi) is 4.20. The van der Waals surface area contributed by atoms with Crippen molar-refractivity contribution >= 4 is 5.91 Å². The minimum absolute atomic E-state index is 0.0362. The molecular formula is C13H22N4O. The lowest BCUT2D eigenvalue weighted by atomic mass is 10.1. The largest absolute Gasteiger partial charge is 0.344 e. The second-order valence-electron chi connectivity index (χ2n) is 5.19. The van der Waals surface area contributed by atoms with Crippen LogP contribution in [0.3, 0.4) is 0 Å². The molecule has 2 aliphatic heterocycles. The van der Waals surface area contributed by atoms with Crippen LogP contribution < -0.4 is 0 Å². The van der Waals surface area contributed by atoms with E-state index in [0.29, 0.717) is 0 Å². The molecule has 0 bridgehead atoms. The molecule has 2 aliphatic rings. The van der Waals surface area contributed by atoms with Crippen LogP contribution >= 0.6 is 0 Å². The van der Waals surface area contributed by atoms with E-state index in [4.69, 9.17) is 5.26 Å². The second-order valence-corrected chi connectivity index (χ2v) is 5.19. The lowest BCUT2D eigenvalue weighted by molar-refractivity contribution is -0.131. The van der Waals surface area contributed by atoms with E-state index in [1.165, 1.54) is 0 Å². The summed E-state index contributed by atoms with van der Waals surface area (Å²) in [5.41, 5.74) is 0. The van der Waals surface area contributed by atoms with Gasteiger partial charge < -0.3 is 4.90 Å². The van der Waals surface area contributed by atoms with Crippen LogP contribution in [0.5, 0.6) is 0 Å².